The Balaban J connectivity index is 1.79. The molecule has 2 aromatic heterocycles. The second-order valence-corrected chi connectivity index (χ2v) is 6.42. The highest BCUT2D eigenvalue weighted by Crippen LogP contribution is 2.27. The highest BCUT2D eigenvalue weighted by Gasteiger charge is 2.15. The molecule has 0 radical (unpaired) electrons. The molecule has 0 amide bonds. The molecule has 2 heterocycles. The van der Waals surface area contributed by atoms with Crippen LogP contribution < -0.4 is 5.56 Å². The molecule has 0 spiro atoms. The van der Waals surface area contributed by atoms with Gasteiger partial charge in [0.2, 0.25) is 0 Å². The van der Waals surface area contributed by atoms with Gasteiger partial charge in [0.25, 0.3) is 5.56 Å². The van der Waals surface area contributed by atoms with Gasteiger partial charge in [-0.15, -0.1) is 0 Å². The molecule has 4 heteroatoms. The second-order valence-electron chi connectivity index (χ2n) is 6.42. The summed E-state index contributed by atoms with van der Waals surface area (Å²) in [5, 5.41) is 3.22. The predicted molar refractivity (Wildman–Crippen MR) is 104 cm³/mol. The molecule has 0 bridgehead atoms. The van der Waals surface area contributed by atoms with Crippen molar-refractivity contribution in [2.24, 2.45) is 0 Å². The van der Waals surface area contributed by atoms with Crippen molar-refractivity contribution in [2.45, 2.75) is 26.2 Å². The highest BCUT2D eigenvalue weighted by molar-refractivity contribution is 5.79. The summed E-state index contributed by atoms with van der Waals surface area (Å²) in [7, 11) is 0. The van der Waals surface area contributed by atoms with Gasteiger partial charge in [-0.2, -0.15) is 0 Å². The van der Waals surface area contributed by atoms with Crippen LogP contribution in [0.2, 0.25) is 0 Å². The molecular formula is C22H21N3O. The molecule has 0 unspecified atom stereocenters. The van der Waals surface area contributed by atoms with Crippen molar-refractivity contribution in [1.82, 2.24) is 14.6 Å². The lowest BCUT2D eigenvalue weighted by molar-refractivity contribution is 0.832. The van der Waals surface area contributed by atoms with Crippen molar-refractivity contribution < 1.29 is 0 Å². The van der Waals surface area contributed by atoms with Crippen LogP contribution in [-0.2, 0) is 19.3 Å². The summed E-state index contributed by atoms with van der Waals surface area (Å²) in [6.07, 6.45) is 2.43. The van der Waals surface area contributed by atoms with Crippen LogP contribution in [0.5, 0.6) is 0 Å². The fourth-order valence-electron chi connectivity index (χ4n) is 3.34. The van der Waals surface area contributed by atoms with E-state index in [1.54, 1.807) is 10.6 Å². The zero-order valence-electron chi connectivity index (χ0n) is 14.8. The van der Waals surface area contributed by atoms with E-state index in [1.807, 2.05) is 36.4 Å². The summed E-state index contributed by atoms with van der Waals surface area (Å²) in [5.41, 5.74) is 5.86. The van der Waals surface area contributed by atoms with Crippen molar-refractivity contribution in [2.75, 3.05) is 0 Å². The van der Waals surface area contributed by atoms with E-state index < -0.39 is 0 Å². The topological polar surface area (TPSA) is 50.2 Å². The quantitative estimate of drug-likeness (QED) is 0.595. The summed E-state index contributed by atoms with van der Waals surface area (Å²) in [6.45, 7) is 2.08. The second kappa shape index (κ2) is 7.00. The number of nitrogens with zero attached hydrogens (tertiary/aromatic N) is 2. The third kappa shape index (κ3) is 3.06. The number of benzene rings is 2. The SMILES string of the molecule is CCc1[nH]n2c(=O)cc(CCc3ccccc3)nc2c1-c1ccccc1. The molecule has 0 saturated carbocycles. The lowest BCUT2D eigenvalue weighted by atomic mass is 10.0. The number of H-pyrrole nitrogens is 1. The third-order valence-corrected chi connectivity index (χ3v) is 4.67. The third-order valence-electron chi connectivity index (χ3n) is 4.67. The van der Waals surface area contributed by atoms with Crippen LogP contribution in [0.3, 0.4) is 0 Å². The smallest absolute Gasteiger partial charge is 0.272 e. The van der Waals surface area contributed by atoms with E-state index in [0.29, 0.717) is 5.65 Å². The van der Waals surface area contributed by atoms with Crippen molar-refractivity contribution in [1.29, 1.82) is 0 Å². The summed E-state index contributed by atoms with van der Waals surface area (Å²) in [4.78, 5) is 17.4. The molecule has 1 N–H and O–H groups in total. The Bertz CT molecular complexity index is 1080. The standard InChI is InChI=1S/C22H21N3O/c1-2-19-21(17-11-7-4-8-12-17)22-23-18(15-20(26)25(22)24-19)14-13-16-9-5-3-6-10-16/h3-12,15,24H,2,13-14H2,1H3. The van der Waals surface area contributed by atoms with Crippen LogP contribution in [0.4, 0.5) is 0 Å². The minimum atomic E-state index is -0.0602. The van der Waals surface area contributed by atoms with E-state index >= 15 is 0 Å². The summed E-state index contributed by atoms with van der Waals surface area (Å²) >= 11 is 0. The van der Waals surface area contributed by atoms with E-state index in [0.717, 1.165) is 41.8 Å². The molecule has 130 valence electrons. The maximum atomic E-state index is 12.6. The maximum absolute atomic E-state index is 12.6. The number of nitrogens with one attached hydrogen (secondary N) is 1. The fourth-order valence-corrected chi connectivity index (χ4v) is 3.34. The first kappa shape index (κ1) is 16.3. The van der Waals surface area contributed by atoms with Crippen LogP contribution in [-0.4, -0.2) is 14.6 Å². The highest BCUT2D eigenvalue weighted by atomic mass is 16.1. The minimum Gasteiger partial charge on any atom is -0.293 e. The van der Waals surface area contributed by atoms with Crippen molar-refractivity contribution in [3.05, 3.63) is 94.0 Å². The largest absolute Gasteiger partial charge is 0.293 e. The van der Waals surface area contributed by atoms with Gasteiger partial charge in [0, 0.05) is 23.0 Å². The number of aryl methyl sites for hydroxylation is 3. The Morgan fingerprint density at radius 2 is 1.65 bits per heavy atom. The summed E-state index contributed by atoms with van der Waals surface area (Å²) in [6, 6.07) is 22.1. The van der Waals surface area contributed by atoms with Gasteiger partial charge in [-0.05, 0) is 30.4 Å². The first-order chi connectivity index (χ1) is 12.8. The summed E-state index contributed by atoms with van der Waals surface area (Å²) < 4.78 is 1.56. The fraction of sp³-hybridized carbons (Fsp3) is 0.182. The number of hydrogen-bond acceptors (Lipinski definition) is 2. The molecule has 0 atom stereocenters. The van der Waals surface area contributed by atoms with Crippen molar-refractivity contribution in [3.8, 4) is 11.1 Å². The average Bonchev–Trinajstić information content (AvgIpc) is 3.07. The molecule has 2 aromatic carbocycles. The van der Waals surface area contributed by atoms with Crippen LogP contribution in [0.15, 0.2) is 71.5 Å². The van der Waals surface area contributed by atoms with Gasteiger partial charge < -0.3 is 0 Å². The van der Waals surface area contributed by atoms with Crippen molar-refractivity contribution >= 4 is 5.65 Å². The first-order valence-corrected chi connectivity index (χ1v) is 8.99. The number of hydrogen-bond donors (Lipinski definition) is 1. The molecule has 26 heavy (non-hydrogen) atoms. The number of rotatable bonds is 5. The monoisotopic (exact) mass is 343 g/mol. The Morgan fingerprint density at radius 3 is 2.35 bits per heavy atom. The average molecular weight is 343 g/mol. The van der Waals surface area contributed by atoms with E-state index in [9.17, 15) is 4.79 Å². The van der Waals surface area contributed by atoms with Gasteiger partial charge in [0.1, 0.15) is 0 Å². The Morgan fingerprint density at radius 1 is 0.962 bits per heavy atom. The van der Waals surface area contributed by atoms with Gasteiger partial charge in [-0.25, -0.2) is 9.50 Å². The molecular weight excluding hydrogens is 322 g/mol. The van der Waals surface area contributed by atoms with Gasteiger partial charge in [-0.1, -0.05) is 67.6 Å². The summed E-state index contributed by atoms with van der Waals surface area (Å²) in [5.74, 6) is 0. The molecule has 0 aliphatic carbocycles. The molecule has 4 aromatic rings. The van der Waals surface area contributed by atoms with E-state index in [4.69, 9.17) is 4.98 Å². The normalized spacial score (nSPS) is 11.1. The number of aromatic amines is 1. The lowest BCUT2D eigenvalue weighted by Crippen LogP contribution is -2.16. The minimum absolute atomic E-state index is 0.0602. The van der Waals surface area contributed by atoms with Crippen LogP contribution in [0.1, 0.15) is 23.9 Å². The van der Waals surface area contributed by atoms with E-state index in [2.05, 4.69) is 36.3 Å². The van der Waals surface area contributed by atoms with Gasteiger partial charge in [0.05, 0.1) is 0 Å². The molecule has 0 aliphatic heterocycles. The van der Waals surface area contributed by atoms with Crippen LogP contribution in [0.25, 0.3) is 16.8 Å². The van der Waals surface area contributed by atoms with Gasteiger partial charge >= 0.3 is 0 Å². The lowest BCUT2D eigenvalue weighted by Gasteiger charge is -2.04. The Labute approximate surface area is 152 Å². The van der Waals surface area contributed by atoms with Crippen LogP contribution >= 0.6 is 0 Å². The van der Waals surface area contributed by atoms with Crippen molar-refractivity contribution in [3.63, 3.8) is 0 Å². The van der Waals surface area contributed by atoms with E-state index in [-0.39, 0.29) is 5.56 Å². The zero-order valence-corrected chi connectivity index (χ0v) is 14.8. The molecule has 4 rings (SSSR count). The number of fused-ring (bicyclic) bond motifs is 1. The zero-order chi connectivity index (χ0) is 17.9. The first-order valence-electron chi connectivity index (χ1n) is 8.99. The molecule has 0 saturated heterocycles. The van der Waals surface area contributed by atoms with Gasteiger partial charge in [0.15, 0.2) is 5.65 Å². The van der Waals surface area contributed by atoms with Gasteiger partial charge in [-0.3, -0.25) is 9.89 Å². The molecule has 4 nitrogen and oxygen atoms in total. The molecule has 0 fully saturated rings. The Kier molecular flexibility index (Phi) is 4.40. The maximum Gasteiger partial charge on any atom is 0.272 e. The van der Waals surface area contributed by atoms with E-state index in [1.165, 1.54) is 5.56 Å². The van der Waals surface area contributed by atoms with Crippen LogP contribution in [0, 0.1) is 0 Å². The molecule has 0 aliphatic rings. The Hall–Kier alpha value is -3.14. The number of aromatic nitrogens is 3. The predicted octanol–water partition coefficient (Wildman–Crippen LogP) is 4.04.